The molecule has 112 valence electrons. The van der Waals surface area contributed by atoms with Crippen LogP contribution in [0.1, 0.15) is 10.4 Å². The van der Waals surface area contributed by atoms with Crippen LogP contribution >= 0.6 is 68.7 Å². The van der Waals surface area contributed by atoms with Crippen LogP contribution in [0, 0.1) is 3.57 Å². The molecule has 0 aliphatic rings. The van der Waals surface area contributed by atoms with E-state index in [9.17, 15) is 4.79 Å². The number of halogens is 4. The maximum Gasteiger partial charge on any atom is 0.258 e. The van der Waals surface area contributed by atoms with E-state index in [4.69, 9.17) is 34.8 Å². The highest BCUT2D eigenvalue weighted by atomic mass is 127. The van der Waals surface area contributed by atoms with Gasteiger partial charge in [-0.3, -0.25) is 10.1 Å². The lowest BCUT2D eigenvalue weighted by molar-refractivity contribution is 0.102. The summed E-state index contributed by atoms with van der Waals surface area (Å²) in [6.45, 7) is 0. The van der Waals surface area contributed by atoms with Gasteiger partial charge in [0.05, 0.1) is 25.3 Å². The Labute approximate surface area is 158 Å². The summed E-state index contributed by atoms with van der Waals surface area (Å²) in [4.78, 5) is 16.6. The second kappa shape index (κ2) is 6.49. The van der Waals surface area contributed by atoms with E-state index in [1.165, 1.54) is 11.3 Å². The minimum atomic E-state index is -0.315. The summed E-state index contributed by atoms with van der Waals surface area (Å²) in [6.07, 6.45) is 0. The van der Waals surface area contributed by atoms with Crippen molar-refractivity contribution in [2.75, 3.05) is 5.32 Å². The molecule has 1 aromatic heterocycles. The molecular formula is C14H6Cl3IN2OS. The quantitative estimate of drug-likeness (QED) is 0.447. The van der Waals surface area contributed by atoms with E-state index in [2.05, 4.69) is 32.9 Å². The lowest BCUT2D eigenvalue weighted by Gasteiger charge is -2.04. The topological polar surface area (TPSA) is 42.0 Å². The van der Waals surface area contributed by atoms with Crippen molar-refractivity contribution in [3.05, 3.63) is 54.5 Å². The zero-order valence-electron chi connectivity index (χ0n) is 10.7. The Bertz CT molecular complexity index is 897. The number of anilines is 1. The van der Waals surface area contributed by atoms with Crippen LogP contribution in [0.4, 0.5) is 5.13 Å². The summed E-state index contributed by atoms with van der Waals surface area (Å²) in [5.41, 5.74) is 0.972. The first-order chi connectivity index (χ1) is 10.5. The zero-order valence-corrected chi connectivity index (χ0v) is 15.9. The molecule has 1 amide bonds. The van der Waals surface area contributed by atoms with Crippen molar-refractivity contribution in [1.82, 2.24) is 4.98 Å². The number of nitrogens with zero attached hydrogens (tertiary/aromatic N) is 1. The number of thiazole rings is 1. The van der Waals surface area contributed by atoms with Gasteiger partial charge < -0.3 is 0 Å². The fourth-order valence-electron chi connectivity index (χ4n) is 1.83. The van der Waals surface area contributed by atoms with Gasteiger partial charge in [-0.2, -0.15) is 0 Å². The zero-order chi connectivity index (χ0) is 15.9. The molecule has 1 N–H and O–H groups in total. The molecule has 2 aromatic carbocycles. The van der Waals surface area contributed by atoms with Crippen molar-refractivity contribution in [2.24, 2.45) is 0 Å². The predicted octanol–water partition coefficient (Wildman–Crippen LogP) is 6.11. The second-order valence-corrected chi connectivity index (χ2v) is 7.77. The van der Waals surface area contributed by atoms with Crippen LogP contribution in [-0.4, -0.2) is 10.9 Å². The van der Waals surface area contributed by atoms with Crippen molar-refractivity contribution in [3.63, 3.8) is 0 Å². The first-order valence-corrected chi connectivity index (χ1v) is 8.99. The Morgan fingerprint density at radius 1 is 1.14 bits per heavy atom. The Morgan fingerprint density at radius 3 is 2.64 bits per heavy atom. The minimum absolute atomic E-state index is 0.315. The fourth-order valence-corrected chi connectivity index (χ4v) is 3.81. The summed E-state index contributed by atoms with van der Waals surface area (Å²) < 4.78 is 1.77. The van der Waals surface area contributed by atoms with Gasteiger partial charge in [-0.25, -0.2) is 4.98 Å². The van der Waals surface area contributed by atoms with Crippen molar-refractivity contribution in [2.45, 2.75) is 0 Å². The van der Waals surface area contributed by atoms with Crippen LogP contribution in [0.3, 0.4) is 0 Å². The van der Waals surface area contributed by atoms with Gasteiger partial charge in [0.25, 0.3) is 5.91 Å². The highest BCUT2D eigenvalue weighted by Gasteiger charge is 2.15. The van der Waals surface area contributed by atoms with E-state index in [0.717, 1.165) is 8.27 Å². The van der Waals surface area contributed by atoms with Crippen LogP contribution in [0.5, 0.6) is 0 Å². The largest absolute Gasteiger partial charge is 0.298 e. The molecule has 3 nitrogen and oxygen atoms in total. The van der Waals surface area contributed by atoms with Gasteiger partial charge in [0.15, 0.2) is 5.13 Å². The van der Waals surface area contributed by atoms with E-state index >= 15 is 0 Å². The number of hydrogen-bond donors (Lipinski definition) is 1. The van der Waals surface area contributed by atoms with Crippen molar-refractivity contribution in [3.8, 4) is 0 Å². The highest BCUT2D eigenvalue weighted by Crippen LogP contribution is 2.35. The Balaban J connectivity index is 1.94. The summed E-state index contributed by atoms with van der Waals surface area (Å²) >= 11 is 21.6. The molecule has 0 bridgehead atoms. The van der Waals surface area contributed by atoms with E-state index in [1.807, 2.05) is 12.1 Å². The second-order valence-electron chi connectivity index (χ2n) is 4.31. The number of carbonyl (C=O) groups is 1. The Kier molecular flexibility index (Phi) is 4.80. The molecule has 0 saturated carbocycles. The molecule has 0 aliphatic carbocycles. The summed E-state index contributed by atoms with van der Waals surface area (Å²) in [7, 11) is 0. The average Bonchev–Trinajstić information content (AvgIpc) is 2.89. The molecule has 0 atom stereocenters. The van der Waals surface area contributed by atoms with Crippen LogP contribution in [0.15, 0.2) is 30.3 Å². The van der Waals surface area contributed by atoms with Gasteiger partial charge in [-0.15, -0.1) is 0 Å². The summed E-state index contributed by atoms with van der Waals surface area (Å²) in [6, 6.07) is 8.75. The van der Waals surface area contributed by atoms with Crippen LogP contribution in [0.2, 0.25) is 15.1 Å². The standard InChI is InChI=1S/C14H6Cl3IN2OS/c15-8-2-1-6(18)5-7(8)13(21)20-14-19-12-10(22-14)4-3-9(16)11(12)17/h1-5H,(H,19,20,21). The number of amides is 1. The number of carbonyl (C=O) groups excluding carboxylic acids is 1. The Morgan fingerprint density at radius 2 is 1.86 bits per heavy atom. The van der Waals surface area contributed by atoms with Gasteiger partial charge in [0.2, 0.25) is 0 Å². The van der Waals surface area contributed by atoms with Gasteiger partial charge in [-0.05, 0) is 52.9 Å². The van der Waals surface area contributed by atoms with Crippen LogP contribution in [0.25, 0.3) is 10.2 Å². The lowest BCUT2D eigenvalue weighted by atomic mass is 10.2. The normalized spacial score (nSPS) is 10.9. The first kappa shape index (κ1) is 16.3. The number of fused-ring (bicyclic) bond motifs is 1. The fraction of sp³-hybridized carbons (Fsp3) is 0. The molecule has 0 spiro atoms. The molecule has 22 heavy (non-hydrogen) atoms. The van der Waals surface area contributed by atoms with Crippen molar-refractivity contribution >= 4 is 90.0 Å². The van der Waals surface area contributed by atoms with Gasteiger partial charge >= 0.3 is 0 Å². The van der Waals surface area contributed by atoms with E-state index in [0.29, 0.717) is 31.3 Å². The molecule has 0 saturated heterocycles. The minimum Gasteiger partial charge on any atom is -0.298 e. The number of aromatic nitrogens is 1. The molecular weight excluding hydrogens is 477 g/mol. The first-order valence-electron chi connectivity index (χ1n) is 5.96. The molecule has 0 unspecified atom stereocenters. The van der Waals surface area contributed by atoms with E-state index < -0.39 is 0 Å². The molecule has 3 rings (SSSR count). The number of benzene rings is 2. The van der Waals surface area contributed by atoms with Crippen molar-refractivity contribution in [1.29, 1.82) is 0 Å². The molecule has 1 heterocycles. The number of rotatable bonds is 2. The monoisotopic (exact) mass is 482 g/mol. The molecule has 8 heteroatoms. The predicted molar refractivity (Wildman–Crippen MR) is 102 cm³/mol. The third-order valence-electron chi connectivity index (χ3n) is 2.85. The molecule has 0 fully saturated rings. The van der Waals surface area contributed by atoms with Gasteiger partial charge in [0.1, 0.15) is 5.52 Å². The molecule has 3 aromatic rings. The number of hydrogen-bond acceptors (Lipinski definition) is 3. The summed E-state index contributed by atoms with van der Waals surface area (Å²) in [5.74, 6) is -0.315. The SMILES string of the molecule is O=C(Nc1nc2c(Cl)c(Cl)ccc2s1)c1cc(I)ccc1Cl. The third-order valence-corrected chi connectivity index (χ3v) is 5.58. The van der Waals surface area contributed by atoms with E-state index in [1.54, 1.807) is 18.2 Å². The lowest BCUT2D eigenvalue weighted by Crippen LogP contribution is -2.12. The third kappa shape index (κ3) is 3.19. The maximum absolute atomic E-state index is 12.3. The highest BCUT2D eigenvalue weighted by molar-refractivity contribution is 14.1. The van der Waals surface area contributed by atoms with Crippen LogP contribution in [-0.2, 0) is 0 Å². The molecule has 0 radical (unpaired) electrons. The maximum atomic E-state index is 12.3. The van der Waals surface area contributed by atoms with Crippen LogP contribution < -0.4 is 5.32 Å². The van der Waals surface area contributed by atoms with Gasteiger partial charge in [-0.1, -0.05) is 46.1 Å². The average molecular weight is 484 g/mol. The van der Waals surface area contributed by atoms with Crippen molar-refractivity contribution < 1.29 is 4.79 Å². The molecule has 0 aliphatic heterocycles. The van der Waals surface area contributed by atoms with Gasteiger partial charge in [0, 0.05) is 3.57 Å². The number of nitrogens with one attached hydrogen (secondary N) is 1. The Hall–Kier alpha value is -0.600. The summed E-state index contributed by atoms with van der Waals surface area (Å²) in [5, 5.41) is 4.38. The van der Waals surface area contributed by atoms with E-state index in [-0.39, 0.29) is 5.91 Å². The smallest absolute Gasteiger partial charge is 0.258 e.